The van der Waals surface area contributed by atoms with Crippen LogP contribution < -0.4 is 10.5 Å². The zero-order valence-corrected chi connectivity index (χ0v) is 11.9. The molecule has 4 nitrogen and oxygen atoms in total. The number of sulfonamides is 1. The van der Waals surface area contributed by atoms with E-state index in [2.05, 4.69) is 4.72 Å². The number of alkyl halides is 3. The van der Waals surface area contributed by atoms with E-state index in [1.54, 1.807) is 0 Å². The van der Waals surface area contributed by atoms with Crippen molar-refractivity contribution in [2.24, 2.45) is 5.73 Å². The second-order valence-corrected chi connectivity index (χ2v) is 6.11. The monoisotopic (exact) mass is 336 g/mol. The fraction of sp³-hybridized carbons (Fsp3) is 0.333. The Kier molecular flexibility index (Phi) is 7.16. The highest BCUT2D eigenvalue weighted by atomic mass is 35.5. The van der Waals surface area contributed by atoms with Crippen molar-refractivity contribution in [3.8, 4) is 0 Å². The van der Waals surface area contributed by atoms with Crippen molar-refractivity contribution in [3.63, 3.8) is 0 Å². The Morgan fingerprint density at radius 3 is 2.16 bits per heavy atom. The molecule has 0 bridgehead atoms. The summed E-state index contributed by atoms with van der Waals surface area (Å²) in [6.45, 7) is 0.211. The Labute approximate surface area is 119 Å². The SMILES string of the molecule is Cl.NCCNS(=O)(=O)c1ccc(SC(F)(F)F)cc1. The molecule has 0 aliphatic rings. The Balaban J connectivity index is 0.00000324. The third-order valence-corrected chi connectivity index (χ3v) is 4.02. The van der Waals surface area contributed by atoms with Crippen LogP contribution in [0.15, 0.2) is 34.1 Å². The van der Waals surface area contributed by atoms with Crippen LogP contribution in [0.4, 0.5) is 13.2 Å². The van der Waals surface area contributed by atoms with E-state index in [0.717, 1.165) is 24.3 Å². The van der Waals surface area contributed by atoms with E-state index in [-0.39, 0.29) is 47.0 Å². The molecule has 0 saturated heterocycles. The van der Waals surface area contributed by atoms with Gasteiger partial charge in [-0.1, -0.05) is 0 Å². The molecule has 0 fully saturated rings. The molecule has 0 heterocycles. The van der Waals surface area contributed by atoms with Gasteiger partial charge in [0.25, 0.3) is 0 Å². The minimum atomic E-state index is -4.39. The molecule has 1 aromatic carbocycles. The Hall–Kier alpha value is -0.480. The second-order valence-electron chi connectivity index (χ2n) is 3.21. The Morgan fingerprint density at radius 1 is 1.21 bits per heavy atom. The van der Waals surface area contributed by atoms with Crippen LogP contribution in [0.2, 0.25) is 0 Å². The van der Waals surface area contributed by atoms with Crippen molar-refractivity contribution in [3.05, 3.63) is 24.3 Å². The van der Waals surface area contributed by atoms with Gasteiger partial charge in [-0.25, -0.2) is 13.1 Å². The molecule has 0 aliphatic heterocycles. The van der Waals surface area contributed by atoms with Crippen molar-refractivity contribution in [2.75, 3.05) is 13.1 Å². The van der Waals surface area contributed by atoms with Crippen LogP contribution in [-0.2, 0) is 10.0 Å². The molecular weight excluding hydrogens is 325 g/mol. The Morgan fingerprint density at radius 2 is 1.74 bits per heavy atom. The van der Waals surface area contributed by atoms with E-state index >= 15 is 0 Å². The highest BCUT2D eigenvalue weighted by molar-refractivity contribution is 8.00. The summed E-state index contributed by atoms with van der Waals surface area (Å²) in [5.74, 6) is 0. The van der Waals surface area contributed by atoms with E-state index in [9.17, 15) is 21.6 Å². The molecule has 0 unspecified atom stereocenters. The summed E-state index contributed by atoms with van der Waals surface area (Å²) in [5.41, 5.74) is 0.761. The molecule has 0 aliphatic carbocycles. The first-order chi connectivity index (χ1) is 8.24. The van der Waals surface area contributed by atoms with Crippen LogP contribution in [0.25, 0.3) is 0 Å². The topological polar surface area (TPSA) is 72.2 Å². The summed E-state index contributed by atoms with van der Waals surface area (Å²) in [7, 11) is -3.70. The predicted octanol–water partition coefficient (Wildman–Crippen LogP) is 1.96. The molecule has 3 N–H and O–H groups in total. The first kappa shape index (κ1) is 18.5. The third kappa shape index (κ3) is 6.48. The van der Waals surface area contributed by atoms with Gasteiger partial charge in [-0.15, -0.1) is 12.4 Å². The molecule has 1 rings (SSSR count). The van der Waals surface area contributed by atoms with E-state index in [4.69, 9.17) is 5.73 Å². The van der Waals surface area contributed by atoms with Gasteiger partial charge in [0, 0.05) is 18.0 Å². The molecule has 0 atom stereocenters. The second kappa shape index (κ2) is 7.34. The highest BCUT2D eigenvalue weighted by Crippen LogP contribution is 2.36. The van der Waals surface area contributed by atoms with E-state index in [1.165, 1.54) is 0 Å². The van der Waals surface area contributed by atoms with Gasteiger partial charge >= 0.3 is 5.51 Å². The van der Waals surface area contributed by atoms with Gasteiger partial charge in [-0.05, 0) is 36.0 Å². The summed E-state index contributed by atoms with van der Waals surface area (Å²) in [6, 6.07) is 4.45. The van der Waals surface area contributed by atoms with E-state index in [0.29, 0.717) is 0 Å². The molecule has 0 aromatic heterocycles. The normalized spacial score (nSPS) is 12.0. The number of hydrogen-bond donors (Lipinski definition) is 2. The lowest BCUT2D eigenvalue weighted by atomic mass is 10.4. The molecule has 0 saturated carbocycles. The predicted molar refractivity (Wildman–Crippen MR) is 69.8 cm³/mol. The lowest BCUT2D eigenvalue weighted by molar-refractivity contribution is -0.0328. The summed E-state index contributed by atoms with van der Waals surface area (Å²) in [5, 5.41) is 0. The fourth-order valence-electron chi connectivity index (χ4n) is 1.10. The molecular formula is C9H12ClF3N2O2S2. The van der Waals surface area contributed by atoms with Crippen LogP contribution >= 0.6 is 24.2 Å². The number of rotatable bonds is 5. The third-order valence-electron chi connectivity index (χ3n) is 1.80. The summed E-state index contributed by atoms with van der Waals surface area (Å²) < 4.78 is 61.6. The van der Waals surface area contributed by atoms with Gasteiger partial charge in [0.15, 0.2) is 0 Å². The van der Waals surface area contributed by atoms with Crippen LogP contribution in [-0.4, -0.2) is 27.0 Å². The maximum Gasteiger partial charge on any atom is 0.446 e. The minimum absolute atomic E-state index is 0. The van der Waals surface area contributed by atoms with Gasteiger partial charge < -0.3 is 5.73 Å². The van der Waals surface area contributed by atoms with Crippen LogP contribution in [0.1, 0.15) is 0 Å². The smallest absolute Gasteiger partial charge is 0.329 e. The number of halogens is 4. The van der Waals surface area contributed by atoms with E-state index < -0.39 is 15.5 Å². The summed E-state index contributed by atoms with van der Waals surface area (Å²) >= 11 is -0.297. The van der Waals surface area contributed by atoms with Crippen molar-refractivity contribution < 1.29 is 21.6 Å². The van der Waals surface area contributed by atoms with Gasteiger partial charge in [0.2, 0.25) is 10.0 Å². The first-order valence-electron chi connectivity index (χ1n) is 4.80. The van der Waals surface area contributed by atoms with Crippen LogP contribution in [0.3, 0.4) is 0 Å². The minimum Gasteiger partial charge on any atom is -0.329 e. The van der Waals surface area contributed by atoms with Crippen molar-refractivity contribution in [2.45, 2.75) is 15.3 Å². The zero-order chi connectivity index (χ0) is 13.8. The highest BCUT2D eigenvalue weighted by Gasteiger charge is 2.29. The number of nitrogens with two attached hydrogens (primary N) is 1. The maximum atomic E-state index is 12.1. The number of nitrogens with one attached hydrogen (secondary N) is 1. The van der Waals surface area contributed by atoms with E-state index in [1.807, 2.05) is 0 Å². The van der Waals surface area contributed by atoms with Gasteiger partial charge in [-0.2, -0.15) is 13.2 Å². The molecule has 0 radical (unpaired) electrons. The standard InChI is InChI=1S/C9H11F3N2O2S2.ClH/c10-9(11,12)17-7-1-3-8(4-2-7)18(15,16)14-6-5-13;/h1-4,14H,5-6,13H2;1H. The molecule has 19 heavy (non-hydrogen) atoms. The fourth-order valence-corrected chi connectivity index (χ4v) is 2.68. The number of hydrogen-bond acceptors (Lipinski definition) is 4. The average Bonchev–Trinajstić information content (AvgIpc) is 2.25. The summed E-state index contributed by atoms with van der Waals surface area (Å²) in [6.07, 6.45) is 0. The Bertz CT molecular complexity index is 491. The molecule has 0 amide bonds. The van der Waals surface area contributed by atoms with Gasteiger partial charge in [0.1, 0.15) is 0 Å². The molecule has 110 valence electrons. The zero-order valence-electron chi connectivity index (χ0n) is 9.48. The average molecular weight is 337 g/mol. The lowest BCUT2D eigenvalue weighted by Gasteiger charge is -2.08. The van der Waals surface area contributed by atoms with Crippen LogP contribution in [0.5, 0.6) is 0 Å². The largest absolute Gasteiger partial charge is 0.446 e. The molecule has 1 aromatic rings. The van der Waals surface area contributed by atoms with Gasteiger partial charge in [0.05, 0.1) is 4.90 Å². The first-order valence-corrected chi connectivity index (χ1v) is 7.10. The van der Waals surface area contributed by atoms with Crippen molar-refractivity contribution in [1.82, 2.24) is 4.72 Å². The number of benzene rings is 1. The van der Waals surface area contributed by atoms with Crippen molar-refractivity contribution >= 4 is 34.2 Å². The van der Waals surface area contributed by atoms with Gasteiger partial charge in [-0.3, -0.25) is 0 Å². The molecule has 0 spiro atoms. The molecule has 10 heteroatoms. The quantitative estimate of drug-likeness (QED) is 0.806. The lowest BCUT2D eigenvalue weighted by Crippen LogP contribution is -2.29. The maximum absolute atomic E-state index is 12.1. The summed E-state index contributed by atoms with van der Waals surface area (Å²) in [4.78, 5) is -0.164. The number of thioether (sulfide) groups is 1. The van der Waals surface area contributed by atoms with Crippen LogP contribution in [0, 0.1) is 0 Å². The van der Waals surface area contributed by atoms with Crippen molar-refractivity contribution in [1.29, 1.82) is 0 Å².